The van der Waals surface area contributed by atoms with E-state index in [1.807, 2.05) is 13.8 Å². The Morgan fingerprint density at radius 3 is 1.83 bits per heavy atom. The predicted octanol–water partition coefficient (Wildman–Crippen LogP) is -3.06. The third-order valence-corrected chi connectivity index (χ3v) is 12.5. The van der Waals surface area contributed by atoms with E-state index in [-0.39, 0.29) is 37.5 Å². The van der Waals surface area contributed by atoms with E-state index in [2.05, 4.69) is 62.5 Å². The van der Waals surface area contributed by atoms with Crippen molar-refractivity contribution in [3.63, 3.8) is 0 Å². The normalized spacial score (nSPS) is 16.8. The molecule has 1 aromatic carbocycles. The van der Waals surface area contributed by atoms with E-state index in [0.717, 1.165) is 0 Å². The van der Waals surface area contributed by atoms with E-state index >= 15 is 0 Å². The van der Waals surface area contributed by atoms with Crippen molar-refractivity contribution in [1.29, 1.82) is 0 Å². The van der Waals surface area contributed by atoms with E-state index < -0.39 is 150 Å². The lowest BCUT2D eigenvalue weighted by Crippen LogP contribution is -2.62. The Labute approximate surface area is 430 Å². The molecule has 9 atom stereocenters. The second kappa shape index (κ2) is 29.4. The lowest BCUT2D eigenvalue weighted by Gasteiger charge is -2.31. The van der Waals surface area contributed by atoms with E-state index in [9.17, 15) is 52.7 Å². The lowest BCUT2D eigenvalue weighted by molar-refractivity contribution is -0.142. The number of nitrogens with two attached hydrogens (primary N) is 4. The van der Waals surface area contributed by atoms with Gasteiger partial charge in [-0.25, -0.2) is 0 Å². The summed E-state index contributed by atoms with van der Waals surface area (Å²) >= 11 is 8.65. The summed E-state index contributed by atoms with van der Waals surface area (Å²) in [5.41, 5.74) is 22.8. The van der Waals surface area contributed by atoms with Gasteiger partial charge < -0.3 is 69.8 Å². The summed E-state index contributed by atoms with van der Waals surface area (Å²) < 4.78 is 4.24. The largest absolute Gasteiger partial charge is 0.497 e. The van der Waals surface area contributed by atoms with E-state index in [1.54, 1.807) is 52.0 Å². The van der Waals surface area contributed by atoms with Crippen molar-refractivity contribution in [3.05, 3.63) is 29.8 Å². The van der Waals surface area contributed by atoms with Gasteiger partial charge in [0.1, 0.15) is 48.0 Å². The van der Waals surface area contributed by atoms with E-state index in [1.165, 1.54) is 12.0 Å². The van der Waals surface area contributed by atoms with Crippen molar-refractivity contribution in [2.75, 3.05) is 26.0 Å². The Morgan fingerprint density at radius 1 is 0.736 bits per heavy atom. The SMILES string of the molecule is CC[C@H](C)[C@H](NC(=O)[C@H](Cc1ccc(OC)cc1)NC(=O)[C@H](N)C(C)(C)S)C(=O)N[C@@H](CCC(N)=O)C(=O)N[C@@H](CC(N)=O)C(=O)N[C@@H](CS)C(=O)N1CCC[C@H]1C(=O)N[C@@H](CC(C)C)C(=O)NCC(N)=O. The van der Waals surface area contributed by atoms with Crippen LogP contribution in [-0.4, -0.2) is 149 Å². The summed E-state index contributed by atoms with van der Waals surface area (Å²) in [7, 11) is 1.49. The lowest BCUT2D eigenvalue weighted by atomic mass is 9.96. The minimum absolute atomic E-state index is 0.0452. The van der Waals surface area contributed by atoms with Gasteiger partial charge in [-0.3, -0.25) is 52.7 Å². The van der Waals surface area contributed by atoms with Crippen LogP contribution < -0.4 is 64.9 Å². The molecule has 0 saturated carbocycles. The highest BCUT2D eigenvalue weighted by Crippen LogP contribution is 2.21. The average molecular weight is 1050 g/mol. The standard InChI is InChI=1S/C46H74N12O12S2/c1-8-24(4)36(57-41(65)29(55-44(68)37(50)46(5,6)72)19-25-11-13-26(70-7)14-12-25)43(67)52-27(15-16-33(47)59)39(63)53-30(20-34(48)60)40(64)56-31(22-71)45(69)58-17-9-10-32(58)42(66)54-28(18-23(2)3)38(62)51-21-35(49)61/h11-14,23-24,27-32,36-37,71-72H,8-10,15-22,50H2,1-7H3,(H2,47,59)(H2,48,60)(H2,49,61)(H,51,62)(H,52,67)(H,53,63)(H,54,66)(H,55,68)(H,56,64)(H,57,65)/t24-,27-,28-,29-,30-,31-,32-,36-,37-/m0/s1. The number of likely N-dealkylation sites (tertiary alicyclic amines) is 1. The van der Waals surface area contributed by atoms with Gasteiger partial charge in [-0.15, -0.1) is 0 Å². The minimum atomic E-state index is -1.76. The topological polar surface area (TPSA) is 389 Å². The summed E-state index contributed by atoms with van der Waals surface area (Å²) in [4.78, 5) is 147. The van der Waals surface area contributed by atoms with Crippen LogP contribution in [0.3, 0.4) is 0 Å². The number of primary amides is 3. The highest BCUT2D eigenvalue weighted by molar-refractivity contribution is 7.81. The van der Waals surface area contributed by atoms with Crippen LogP contribution in [0.25, 0.3) is 0 Å². The van der Waals surface area contributed by atoms with Crippen molar-refractivity contribution in [2.45, 2.75) is 146 Å². The number of hydrogen-bond donors (Lipinski definition) is 13. The molecule has 24 nitrogen and oxygen atoms in total. The van der Waals surface area contributed by atoms with Gasteiger partial charge >= 0.3 is 0 Å². The first-order valence-electron chi connectivity index (χ1n) is 23.6. The molecule has 11 amide bonds. The summed E-state index contributed by atoms with van der Waals surface area (Å²) in [6, 6.07) is -3.99. The van der Waals surface area contributed by atoms with Crippen LogP contribution in [0.4, 0.5) is 0 Å². The maximum absolute atomic E-state index is 14.2. The monoisotopic (exact) mass is 1050 g/mol. The number of rotatable bonds is 30. The maximum atomic E-state index is 14.2. The fraction of sp³-hybridized carbons (Fsp3) is 0.630. The number of hydrogen-bond acceptors (Lipinski definition) is 15. The van der Waals surface area contributed by atoms with Crippen LogP contribution in [0.5, 0.6) is 5.75 Å². The van der Waals surface area contributed by atoms with Crippen LogP contribution in [-0.2, 0) is 59.2 Å². The number of amides is 11. The zero-order chi connectivity index (χ0) is 54.6. The van der Waals surface area contributed by atoms with Crippen molar-refractivity contribution >= 4 is 90.2 Å². The fourth-order valence-corrected chi connectivity index (χ4v) is 7.84. The smallest absolute Gasteiger partial charge is 0.246 e. The first-order chi connectivity index (χ1) is 33.6. The quantitative estimate of drug-likeness (QED) is 0.0341. The number of benzene rings is 1. The van der Waals surface area contributed by atoms with Crippen molar-refractivity contribution < 1.29 is 57.5 Å². The zero-order valence-electron chi connectivity index (χ0n) is 41.9. The van der Waals surface area contributed by atoms with Gasteiger partial charge in [-0.1, -0.05) is 46.2 Å². The molecule has 0 aliphatic carbocycles. The van der Waals surface area contributed by atoms with Gasteiger partial charge in [0, 0.05) is 29.9 Å². The Balaban J connectivity index is 2.38. The minimum Gasteiger partial charge on any atom is -0.497 e. The number of carbonyl (C=O) groups is 11. The molecule has 15 N–H and O–H groups in total. The van der Waals surface area contributed by atoms with Crippen molar-refractivity contribution in [3.8, 4) is 5.75 Å². The molecule has 1 fully saturated rings. The van der Waals surface area contributed by atoms with E-state index in [4.69, 9.17) is 27.7 Å². The van der Waals surface area contributed by atoms with Gasteiger partial charge in [0.25, 0.3) is 0 Å². The molecule has 1 aromatic rings. The molecule has 1 saturated heterocycles. The number of carbonyl (C=O) groups excluding carboxylic acids is 11. The second-order valence-corrected chi connectivity index (χ2v) is 20.2. The number of ether oxygens (including phenoxy) is 1. The second-order valence-electron chi connectivity index (χ2n) is 18.7. The Kier molecular flexibility index (Phi) is 25.3. The molecule has 1 aliphatic rings. The summed E-state index contributed by atoms with van der Waals surface area (Å²) in [5, 5.41) is 17.7. The molecule has 402 valence electrons. The molecule has 0 bridgehead atoms. The van der Waals surface area contributed by atoms with Crippen LogP contribution >= 0.6 is 25.3 Å². The highest BCUT2D eigenvalue weighted by atomic mass is 32.1. The molecule has 0 radical (unpaired) electrons. The van der Waals surface area contributed by atoms with Gasteiger partial charge in [0.05, 0.1) is 26.1 Å². The number of methoxy groups -OCH3 is 1. The molecule has 2 rings (SSSR count). The molecular formula is C46H74N12O12S2. The predicted molar refractivity (Wildman–Crippen MR) is 271 cm³/mol. The molecular weight excluding hydrogens is 977 g/mol. The van der Waals surface area contributed by atoms with Crippen molar-refractivity contribution in [1.82, 2.24) is 42.1 Å². The first kappa shape index (κ1) is 62.0. The molecule has 1 heterocycles. The molecule has 0 spiro atoms. The summed E-state index contributed by atoms with van der Waals surface area (Å²) in [6.45, 7) is 9.91. The number of nitrogens with zero attached hydrogens (tertiary/aromatic N) is 1. The molecule has 26 heteroatoms. The Bertz CT molecular complexity index is 2110. The fourth-order valence-electron chi connectivity index (χ4n) is 7.47. The van der Waals surface area contributed by atoms with Crippen molar-refractivity contribution in [2.24, 2.45) is 34.8 Å². The van der Waals surface area contributed by atoms with Crippen LogP contribution in [0.2, 0.25) is 0 Å². The van der Waals surface area contributed by atoms with Gasteiger partial charge in [0.2, 0.25) is 65.0 Å². The molecule has 0 unspecified atom stereocenters. The van der Waals surface area contributed by atoms with E-state index in [0.29, 0.717) is 24.2 Å². The van der Waals surface area contributed by atoms with Crippen LogP contribution in [0.15, 0.2) is 24.3 Å². The average Bonchev–Trinajstić information content (AvgIpc) is 3.81. The third-order valence-electron chi connectivity index (χ3n) is 11.8. The maximum Gasteiger partial charge on any atom is 0.246 e. The summed E-state index contributed by atoms with van der Waals surface area (Å²) in [5.74, 6) is -9.72. The number of nitrogens with one attached hydrogen (secondary N) is 7. The number of thiol groups is 2. The van der Waals surface area contributed by atoms with Gasteiger partial charge in [-0.2, -0.15) is 25.3 Å². The first-order valence-corrected chi connectivity index (χ1v) is 24.7. The zero-order valence-corrected chi connectivity index (χ0v) is 43.7. The highest BCUT2D eigenvalue weighted by Gasteiger charge is 2.41. The van der Waals surface area contributed by atoms with Crippen LogP contribution in [0.1, 0.15) is 92.1 Å². The molecule has 0 aromatic heterocycles. The summed E-state index contributed by atoms with van der Waals surface area (Å²) in [6.07, 6.45) is -0.595. The van der Waals surface area contributed by atoms with Gasteiger partial charge in [-0.05, 0) is 69.1 Å². The third kappa shape index (κ3) is 20.2. The molecule has 72 heavy (non-hydrogen) atoms. The van der Waals surface area contributed by atoms with Gasteiger partial charge in [0.15, 0.2) is 0 Å². The van der Waals surface area contributed by atoms with Crippen LogP contribution in [0, 0.1) is 11.8 Å². The Morgan fingerprint density at radius 2 is 1.31 bits per heavy atom. The molecule has 1 aliphatic heterocycles. The Hall–Kier alpha value is -6.15.